The van der Waals surface area contributed by atoms with Gasteiger partial charge in [0.25, 0.3) is 0 Å². The minimum atomic E-state index is -1.42. The van der Waals surface area contributed by atoms with Crippen molar-refractivity contribution in [3.05, 3.63) is 78.4 Å². The highest BCUT2D eigenvalue weighted by Gasteiger charge is 2.12. The van der Waals surface area contributed by atoms with Gasteiger partial charge in [0.05, 0.1) is 0 Å². The third-order valence-electron chi connectivity index (χ3n) is 7.20. The third-order valence-corrected chi connectivity index (χ3v) is 7.20. The Morgan fingerprint density at radius 3 is 1.37 bits per heavy atom. The van der Waals surface area contributed by atoms with Crippen LogP contribution in [0.1, 0.15) is 96.0 Å². The smallest absolute Gasteiger partial charge is 0.423 e. The second-order valence-corrected chi connectivity index (χ2v) is 9.94. The van der Waals surface area contributed by atoms with Gasteiger partial charge < -0.3 is 10.0 Å². The fraction of sp³-hybridized carbons (Fsp3) is 0.438. The van der Waals surface area contributed by atoms with E-state index in [0.717, 1.165) is 11.1 Å². The Labute approximate surface area is 213 Å². The lowest BCUT2D eigenvalue weighted by Gasteiger charge is -2.18. The molecule has 0 aromatic heterocycles. The molecule has 1 unspecified atom stereocenters. The van der Waals surface area contributed by atoms with Crippen LogP contribution in [0.15, 0.2) is 72.8 Å². The highest BCUT2D eigenvalue weighted by atomic mass is 16.4. The zero-order valence-electron chi connectivity index (χ0n) is 21.8. The van der Waals surface area contributed by atoms with Crippen molar-refractivity contribution in [1.29, 1.82) is 0 Å². The molecule has 3 aromatic carbocycles. The van der Waals surface area contributed by atoms with Gasteiger partial charge in [0.2, 0.25) is 0 Å². The molecule has 0 spiro atoms. The van der Waals surface area contributed by atoms with Crippen molar-refractivity contribution in [3.8, 4) is 22.3 Å². The molecule has 0 heterocycles. The highest BCUT2D eigenvalue weighted by molar-refractivity contribution is 6.58. The van der Waals surface area contributed by atoms with E-state index >= 15 is 0 Å². The maximum atomic E-state index is 9.29. The molecule has 0 aliphatic rings. The van der Waals surface area contributed by atoms with Gasteiger partial charge in [-0.2, -0.15) is 0 Å². The molecule has 3 heteroatoms. The molecule has 0 fully saturated rings. The monoisotopic (exact) mass is 470 g/mol. The second-order valence-electron chi connectivity index (χ2n) is 9.94. The first-order valence-corrected chi connectivity index (χ1v) is 13.8. The standard InChI is InChI=1S/C32H43BO2/c1-3-5-7-8-9-11-13-26(12-10-6-4-2)27-14-16-28(17-15-27)29-18-20-30(21-19-29)31-22-24-32(25-23-31)33(34)35/h14-26,34-35H,3-13H2,1-2H3. The van der Waals surface area contributed by atoms with E-state index in [1.807, 2.05) is 12.1 Å². The molecule has 0 saturated heterocycles. The first-order chi connectivity index (χ1) is 17.1. The molecule has 0 bridgehead atoms. The molecule has 2 nitrogen and oxygen atoms in total. The molecule has 2 N–H and O–H groups in total. The fourth-order valence-electron chi connectivity index (χ4n) is 4.94. The molecule has 0 aliphatic heterocycles. The van der Waals surface area contributed by atoms with Crippen molar-refractivity contribution in [3.63, 3.8) is 0 Å². The van der Waals surface area contributed by atoms with Gasteiger partial charge >= 0.3 is 7.12 Å². The van der Waals surface area contributed by atoms with E-state index in [4.69, 9.17) is 0 Å². The van der Waals surface area contributed by atoms with Crippen LogP contribution < -0.4 is 5.46 Å². The van der Waals surface area contributed by atoms with Crippen molar-refractivity contribution in [2.75, 3.05) is 0 Å². The lowest BCUT2D eigenvalue weighted by atomic mass is 9.80. The summed E-state index contributed by atoms with van der Waals surface area (Å²) in [5, 5.41) is 18.6. The molecule has 186 valence electrons. The van der Waals surface area contributed by atoms with Crippen LogP contribution in [0.2, 0.25) is 0 Å². The molecule has 3 aromatic rings. The number of rotatable bonds is 15. The van der Waals surface area contributed by atoms with Gasteiger partial charge in [-0.15, -0.1) is 0 Å². The topological polar surface area (TPSA) is 40.5 Å². The maximum absolute atomic E-state index is 9.29. The second kappa shape index (κ2) is 14.9. The van der Waals surface area contributed by atoms with Gasteiger partial charge in [-0.3, -0.25) is 0 Å². The summed E-state index contributed by atoms with van der Waals surface area (Å²) in [4.78, 5) is 0. The molecule has 35 heavy (non-hydrogen) atoms. The van der Waals surface area contributed by atoms with Crippen LogP contribution in [-0.4, -0.2) is 17.2 Å². The summed E-state index contributed by atoms with van der Waals surface area (Å²) in [6.45, 7) is 4.57. The lowest BCUT2D eigenvalue weighted by Crippen LogP contribution is -2.29. The molecule has 0 aliphatic carbocycles. The number of hydrogen-bond acceptors (Lipinski definition) is 2. The van der Waals surface area contributed by atoms with Gasteiger partial charge in [-0.1, -0.05) is 144 Å². The van der Waals surface area contributed by atoms with Crippen LogP contribution in [0.25, 0.3) is 22.3 Å². The molecule has 0 radical (unpaired) electrons. The van der Waals surface area contributed by atoms with Crippen LogP contribution in [0, 0.1) is 0 Å². The Kier molecular flexibility index (Phi) is 11.6. The van der Waals surface area contributed by atoms with Crippen molar-refractivity contribution in [1.82, 2.24) is 0 Å². The summed E-state index contributed by atoms with van der Waals surface area (Å²) in [6, 6.07) is 25.3. The van der Waals surface area contributed by atoms with Crippen LogP contribution >= 0.6 is 0 Å². The quantitative estimate of drug-likeness (QED) is 0.174. The average molecular weight is 471 g/mol. The van der Waals surface area contributed by atoms with Crippen molar-refractivity contribution in [2.45, 2.75) is 90.4 Å². The molecule has 1 atom stereocenters. The minimum absolute atomic E-state index is 0.509. The van der Waals surface area contributed by atoms with E-state index in [9.17, 15) is 10.0 Å². The number of unbranched alkanes of at least 4 members (excludes halogenated alkanes) is 7. The first kappa shape index (κ1) is 27.2. The number of hydrogen-bond donors (Lipinski definition) is 2. The third kappa shape index (κ3) is 8.67. The number of benzene rings is 3. The Hall–Kier alpha value is -2.36. The van der Waals surface area contributed by atoms with E-state index in [1.54, 1.807) is 12.1 Å². The predicted octanol–water partition coefficient (Wildman–Crippen LogP) is 8.11. The Morgan fingerprint density at radius 2 is 0.886 bits per heavy atom. The van der Waals surface area contributed by atoms with E-state index in [0.29, 0.717) is 11.4 Å². The summed E-state index contributed by atoms with van der Waals surface area (Å²) < 4.78 is 0. The Bertz CT molecular complexity index is 962. The van der Waals surface area contributed by atoms with E-state index in [1.165, 1.54) is 87.3 Å². The average Bonchev–Trinajstić information content (AvgIpc) is 2.90. The summed E-state index contributed by atoms with van der Waals surface area (Å²) in [5.41, 5.74) is 6.68. The van der Waals surface area contributed by atoms with Gasteiger partial charge in [-0.05, 0) is 52.0 Å². The van der Waals surface area contributed by atoms with E-state index < -0.39 is 7.12 Å². The normalized spacial score (nSPS) is 12.0. The predicted molar refractivity (Wildman–Crippen MR) is 152 cm³/mol. The molecular formula is C32H43BO2. The van der Waals surface area contributed by atoms with Gasteiger partial charge in [0, 0.05) is 0 Å². The zero-order valence-corrected chi connectivity index (χ0v) is 21.8. The zero-order chi connectivity index (χ0) is 24.9. The lowest BCUT2D eigenvalue weighted by molar-refractivity contribution is 0.426. The summed E-state index contributed by atoms with van der Waals surface area (Å²) in [5.74, 6) is 0.685. The largest absolute Gasteiger partial charge is 0.488 e. The minimum Gasteiger partial charge on any atom is -0.423 e. The molecule has 0 amide bonds. The van der Waals surface area contributed by atoms with Crippen molar-refractivity contribution < 1.29 is 10.0 Å². The van der Waals surface area contributed by atoms with Gasteiger partial charge in [0.15, 0.2) is 0 Å². The molecular weight excluding hydrogens is 427 g/mol. The summed E-state index contributed by atoms with van der Waals surface area (Å²) >= 11 is 0. The Morgan fingerprint density at radius 1 is 0.514 bits per heavy atom. The van der Waals surface area contributed by atoms with Crippen LogP contribution in [-0.2, 0) is 0 Å². The maximum Gasteiger partial charge on any atom is 0.488 e. The van der Waals surface area contributed by atoms with Crippen molar-refractivity contribution >= 4 is 12.6 Å². The van der Waals surface area contributed by atoms with Crippen LogP contribution in [0.5, 0.6) is 0 Å². The van der Waals surface area contributed by atoms with E-state index in [2.05, 4.69) is 62.4 Å². The Balaban J connectivity index is 1.63. The SMILES string of the molecule is CCCCCCCCC(CCCCC)c1ccc(-c2ccc(-c3ccc(B(O)O)cc3)cc2)cc1. The van der Waals surface area contributed by atoms with Gasteiger partial charge in [-0.25, -0.2) is 0 Å². The van der Waals surface area contributed by atoms with Crippen molar-refractivity contribution in [2.24, 2.45) is 0 Å². The van der Waals surface area contributed by atoms with E-state index in [-0.39, 0.29) is 0 Å². The highest BCUT2D eigenvalue weighted by Crippen LogP contribution is 2.31. The van der Waals surface area contributed by atoms with Crippen LogP contribution in [0.4, 0.5) is 0 Å². The molecule has 3 rings (SSSR count). The fourth-order valence-corrected chi connectivity index (χ4v) is 4.94. The summed E-state index contributed by atoms with van der Waals surface area (Å²) in [6.07, 6.45) is 14.8. The van der Waals surface area contributed by atoms with Gasteiger partial charge in [0.1, 0.15) is 0 Å². The molecule has 0 saturated carbocycles. The van der Waals surface area contributed by atoms with Crippen LogP contribution in [0.3, 0.4) is 0 Å². The summed E-state index contributed by atoms with van der Waals surface area (Å²) in [7, 11) is -1.42. The first-order valence-electron chi connectivity index (χ1n) is 13.8.